The van der Waals surface area contributed by atoms with Gasteiger partial charge in [-0.2, -0.15) is 0 Å². The summed E-state index contributed by atoms with van der Waals surface area (Å²) in [4.78, 5) is 10.9. The molecule has 0 heterocycles. The van der Waals surface area contributed by atoms with Crippen molar-refractivity contribution >= 4 is 6.29 Å². The van der Waals surface area contributed by atoms with Gasteiger partial charge in [0.1, 0.15) is 11.6 Å². The molecule has 0 spiro atoms. The van der Waals surface area contributed by atoms with Crippen LogP contribution in [0.1, 0.15) is 10.4 Å². The first-order valence-electron chi connectivity index (χ1n) is 5.14. The van der Waals surface area contributed by atoms with Crippen LogP contribution in [0, 0.1) is 5.82 Å². The lowest BCUT2D eigenvalue weighted by Crippen LogP contribution is -1.90. The third-order valence-corrected chi connectivity index (χ3v) is 2.52. The van der Waals surface area contributed by atoms with Gasteiger partial charge in [0.25, 0.3) is 0 Å². The fourth-order valence-electron chi connectivity index (χ4n) is 1.68. The molecule has 2 aromatic carbocycles. The third-order valence-electron chi connectivity index (χ3n) is 2.52. The third kappa shape index (κ3) is 2.33. The van der Waals surface area contributed by atoms with E-state index in [-0.39, 0.29) is 0 Å². The van der Waals surface area contributed by atoms with Crippen molar-refractivity contribution in [2.24, 2.45) is 0 Å². The minimum Gasteiger partial charge on any atom is -0.497 e. The maximum atomic E-state index is 13.0. The molecule has 0 amide bonds. The van der Waals surface area contributed by atoms with Crippen LogP contribution in [0.25, 0.3) is 11.1 Å². The Morgan fingerprint density at radius 2 is 2.00 bits per heavy atom. The monoisotopic (exact) mass is 230 g/mol. The van der Waals surface area contributed by atoms with Crippen LogP contribution >= 0.6 is 0 Å². The van der Waals surface area contributed by atoms with Crippen molar-refractivity contribution in [3.63, 3.8) is 0 Å². The number of ether oxygens (including phenoxy) is 1. The van der Waals surface area contributed by atoms with Gasteiger partial charge in [0, 0.05) is 5.56 Å². The summed E-state index contributed by atoms with van der Waals surface area (Å²) in [5, 5.41) is 0. The molecule has 0 saturated carbocycles. The SMILES string of the molecule is COc1cccc(-c2ccc(F)cc2C=O)c1. The van der Waals surface area contributed by atoms with Crippen molar-refractivity contribution in [2.75, 3.05) is 7.11 Å². The lowest BCUT2D eigenvalue weighted by molar-refractivity contribution is 0.112. The van der Waals surface area contributed by atoms with Crippen molar-refractivity contribution in [1.82, 2.24) is 0 Å². The molecule has 0 fully saturated rings. The van der Waals surface area contributed by atoms with Crippen molar-refractivity contribution in [2.45, 2.75) is 0 Å². The van der Waals surface area contributed by atoms with Gasteiger partial charge in [-0.15, -0.1) is 0 Å². The minimum absolute atomic E-state index is 0.332. The van der Waals surface area contributed by atoms with Gasteiger partial charge in [0.2, 0.25) is 0 Å². The highest BCUT2D eigenvalue weighted by molar-refractivity contribution is 5.87. The number of rotatable bonds is 3. The fraction of sp³-hybridized carbons (Fsp3) is 0.0714. The Hall–Kier alpha value is -2.16. The van der Waals surface area contributed by atoms with E-state index in [9.17, 15) is 9.18 Å². The maximum absolute atomic E-state index is 13.0. The summed E-state index contributed by atoms with van der Waals surface area (Å²) in [7, 11) is 1.57. The van der Waals surface area contributed by atoms with Crippen molar-refractivity contribution in [3.8, 4) is 16.9 Å². The molecule has 0 radical (unpaired) electrons. The Balaban J connectivity index is 2.55. The lowest BCUT2D eigenvalue weighted by atomic mass is 10.00. The molecule has 0 unspecified atom stereocenters. The average Bonchev–Trinajstić information content (AvgIpc) is 2.38. The van der Waals surface area contributed by atoms with Crippen LogP contribution in [0.4, 0.5) is 4.39 Å². The predicted molar refractivity (Wildman–Crippen MR) is 63.8 cm³/mol. The first-order chi connectivity index (χ1) is 8.24. The van der Waals surface area contributed by atoms with Crippen LogP contribution in [0.5, 0.6) is 5.75 Å². The molecule has 0 bridgehead atoms. The maximum Gasteiger partial charge on any atom is 0.150 e. The standard InChI is InChI=1S/C14H11FO2/c1-17-13-4-2-3-10(8-13)14-6-5-12(15)7-11(14)9-16/h2-9H,1H3. The second kappa shape index (κ2) is 4.78. The molecule has 0 aliphatic rings. The predicted octanol–water partition coefficient (Wildman–Crippen LogP) is 3.31. The van der Waals surface area contributed by atoms with Crippen LogP contribution in [0.3, 0.4) is 0 Å². The van der Waals surface area contributed by atoms with Crippen molar-refractivity contribution < 1.29 is 13.9 Å². The van der Waals surface area contributed by atoms with Gasteiger partial charge in [0.15, 0.2) is 6.29 Å². The van der Waals surface area contributed by atoms with Crippen molar-refractivity contribution in [3.05, 3.63) is 53.8 Å². The number of hydrogen-bond acceptors (Lipinski definition) is 2. The van der Waals surface area contributed by atoms with E-state index >= 15 is 0 Å². The smallest absolute Gasteiger partial charge is 0.150 e. The molecule has 2 nitrogen and oxygen atoms in total. The van der Waals surface area contributed by atoms with Crippen LogP contribution in [0.15, 0.2) is 42.5 Å². The first-order valence-corrected chi connectivity index (χ1v) is 5.14. The van der Waals surface area contributed by atoms with Gasteiger partial charge in [-0.1, -0.05) is 18.2 Å². The molecular formula is C14H11FO2. The number of benzene rings is 2. The van der Waals surface area contributed by atoms with Gasteiger partial charge < -0.3 is 4.74 Å². The molecule has 3 heteroatoms. The molecule has 0 aliphatic heterocycles. The highest BCUT2D eigenvalue weighted by Crippen LogP contribution is 2.26. The number of halogens is 1. The van der Waals surface area contributed by atoms with Gasteiger partial charge in [-0.25, -0.2) is 4.39 Å². The molecule has 2 aromatic rings. The normalized spacial score (nSPS) is 10.0. The zero-order valence-corrected chi connectivity index (χ0v) is 9.31. The molecule has 0 N–H and O–H groups in total. The number of methoxy groups -OCH3 is 1. The molecular weight excluding hydrogens is 219 g/mol. The summed E-state index contributed by atoms with van der Waals surface area (Å²) >= 11 is 0. The number of hydrogen-bond donors (Lipinski definition) is 0. The summed E-state index contributed by atoms with van der Waals surface area (Å²) in [5.74, 6) is 0.280. The molecule has 0 aromatic heterocycles. The Kier molecular flexibility index (Phi) is 3.19. The second-order valence-corrected chi connectivity index (χ2v) is 3.58. The van der Waals surface area contributed by atoms with E-state index in [1.807, 2.05) is 18.2 Å². The van der Waals surface area contributed by atoms with E-state index in [2.05, 4.69) is 0 Å². The molecule has 0 aliphatic carbocycles. The highest BCUT2D eigenvalue weighted by atomic mass is 19.1. The van der Waals surface area contributed by atoms with Crippen molar-refractivity contribution in [1.29, 1.82) is 0 Å². The summed E-state index contributed by atoms with van der Waals surface area (Å²) < 4.78 is 18.1. The van der Waals surface area contributed by atoms with Gasteiger partial charge >= 0.3 is 0 Å². The van der Waals surface area contributed by atoms with Crippen LogP contribution < -0.4 is 4.74 Å². The zero-order chi connectivity index (χ0) is 12.3. The largest absolute Gasteiger partial charge is 0.497 e. The van der Waals surface area contributed by atoms with Gasteiger partial charge in [-0.3, -0.25) is 4.79 Å². The quantitative estimate of drug-likeness (QED) is 0.756. The lowest BCUT2D eigenvalue weighted by Gasteiger charge is -2.07. The molecule has 0 saturated heterocycles. The van der Waals surface area contributed by atoms with E-state index in [1.165, 1.54) is 12.1 Å². The number of carbonyl (C=O) groups excluding carboxylic acids is 1. The Labute approximate surface area is 98.7 Å². The summed E-state index contributed by atoms with van der Waals surface area (Å²) in [6.07, 6.45) is 0.651. The first kappa shape index (κ1) is 11.3. The van der Waals surface area contributed by atoms with Crippen LogP contribution in [0.2, 0.25) is 0 Å². The Bertz CT molecular complexity index is 550. The average molecular weight is 230 g/mol. The molecule has 0 atom stereocenters. The second-order valence-electron chi connectivity index (χ2n) is 3.58. The van der Waals surface area contributed by atoms with Gasteiger partial charge in [-0.05, 0) is 35.4 Å². The Morgan fingerprint density at radius 3 is 2.71 bits per heavy atom. The van der Waals surface area contributed by atoms with Crippen LogP contribution in [-0.2, 0) is 0 Å². The summed E-state index contributed by atoms with van der Waals surface area (Å²) in [6.45, 7) is 0. The van der Waals surface area contributed by atoms with E-state index < -0.39 is 5.82 Å². The highest BCUT2D eigenvalue weighted by Gasteiger charge is 2.06. The van der Waals surface area contributed by atoms with E-state index in [4.69, 9.17) is 4.74 Å². The fourth-order valence-corrected chi connectivity index (χ4v) is 1.68. The van der Waals surface area contributed by atoms with E-state index in [0.717, 1.165) is 5.56 Å². The summed E-state index contributed by atoms with van der Waals surface area (Å²) in [6, 6.07) is 11.4. The topological polar surface area (TPSA) is 26.3 Å². The van der Waals surface area contributed by atoms with E-state index in [1.54, 1.807) is 19.2 Å². The summed E-state index contributed by atoms with van der Waals surface area (Å²) in [5.41, 5.74) is 1.85. The van der Waals surface area contributed by atoms with E-state index in [0.29, 0.717) is 23.2 Å². The van der Waals surface area contributed by atoms with Crippen LogP contribution in [-0.4, -0.2) is 13.4 Å². The number of carbonyl (C=O) groups is 1. The molecule has 86 valence electrons. The molecule has 2 rings (SSSR count). The minimum atomic E-state index is -0.418. The zero-order valence-electron chi connectivity index (χ0n) is 9.31. The Morgan fingerprint density at radius 1 is 1.18 bits per heavy atom. The van der Waals surface area contributed by atoms with Gasteiger partial charge in [0.05, 0.1) is 7.11 Å². The number of aldehydes is 1. The molecule has 17 heavy (non-hydrogen) atoms.